The number of H-pyrrole nitrogens is 1. The van der Waals surface area contributed by atoms with Crippen molar-refractivity contribution in [2.24, 2.45) is 0 Å². The number of nitrogens with zero attached hydrogens (tertiary/aromatic N) is 2. The van der Waals surface area contributed by atoms with E-state index in [1.54, 1.807) is 41.0 Å². The molecule has 0 saturated carbocycles. The number of methoxy groups -OCH3 is 3. The fourth-order valence-corrected chi connectivity index (χ4v) is 3.10. The molecule has 0 atom stereocenters. The van der Waals surface area contributed by atoms with Crippen LogP contribution in [0.3, 0.4) is 0 Å². The summed E-state index contributed by atoms with van der Waals surface area (Å²) in [6, 6.07) is 10.4. The van der Waals surface area contributed by atoms with Crippen LogP contribution >= 0.6 is 23.8 Å². The topological polar surface area (TPSA) is 90.4 Å². The van der Waals surface area contributed by atoms with E-state index in [2.05, 4.69) is 15.5 Å². The molecule has 3 aromatic rings. The van der Waals surface area contributed by atoms with E-state index in [1.165, 1.54) is 21.3 Å². The Morgan fingerprint density at radius 1 is 1.14 bits per heavy atom. The van der Waals surface area contributed by atoms with Crippen molar-refractivity contribution in [2.75, 3.05) is 26.6 Å². The number of hydrogen-bond donors (Lipinski definition) is 2. The summed E-state index contributed by atoms with van der Waals surface area (Å²) < 4.78 is 17.8. The fourth-order valence-electron chi connectivity index (χ4n) is 2.78. The number of anilines is 1. The van der Waals surface area contributed by atoms with Crippen molar-refractivity contribution in [1.29, 1.82) is 0 Å². The summed E-state index contributed by atoms with van der Waals surface area (Å²) in [5.74, 6) is 1.54. The summed E-state index contributed by atoms with van der Waals surface area (Å²) in [6.45, 7) is -0.0377. The molecule has 0 fully saturated rings. The number of amides is 1. The largest absolute Gasteiger partial charge is 0.493 e. The Bertz CT molecular complexity index is 1050. The molecule has 1 heterocycles. The van der Waals surface area contributed by atoms with Gasteiger partial charge in [0.15, 0.2) is 22.1 Å². The Morgan fingerprint density at radius 3 is 2.31 bits per heavy atom. The average Bonchev–Trinajstić information content (AvgIpc) is 3.07. The third kappa shape index (κ3) is 4.52. The second kappa shape index (κ2) is 8.97. The van der Waals surface area contributed by atoms with E-state index in [4.69, 9.17) is 38.0 Å². The molecule has 0 aliphatic heterocycles. The first kappa shape index (κ1) is 20.7. The molecule has 0 saturated heterocycles. The molecular weight excluding hydrogens is 416 g/mol. The van der Waals surface area contributed by atoms with E-state index in [0.717, 1.165) is 5.56 Å². The van der Waals surface area contributed by atoms with Gasteiger partial charge in [0.25, 0.3) is 0 Å². The minimum atomic E-state index is -0.299. The van der Waals surface area contributed by atoms with Crippen molar-refractivity contribution in [3.63, 3.8) is 0 Å². The van der Waals surface area contributed by atoms with Crippen LogP contribution in [0.4, 0.5) is 5.69 Å². The van der Waals surface area contributed by atoms with Crippen LogP contribution in [-0.2, 0) is 11.3 Å². The van der Waals surface area contributed by atoms with Crippen molar-refractivity contribution in [1.82, 2.24) is 14.8 Å². The van der Waals surface area contributed by atoms with Crippen molar-refractivity contribution in [2.45, 2.75) is 6.54 Å². The number of hydrogen-bond acceptors (Lipinski definition) is 6. The molecule has 0 aliphatic rings. The van der Waals surface area contributed by atoms with Gasteiger partial charge in [-0.05, 0) is 36.5 Å². The molecule has 29 heavy (non-hydrogen) atoms. The Labute approximate surface area is 177 Å². The first-order valence-corrected chi connectivity index (χ1v) is 9.26. The van der Waals surface area contributed by atoms with E-state index >= 15 is 0 Å². The molecule has 152 valence electrons. The zero-order chi connectivity index (χ0) is 21.0. The quantitative estimate of drug-likeness (QED) is 0.547. The number of benzene rings is 2. The number of rotatable bonds is 7. The molecule has 0 spiro atoms. The van der Waals surface area contributed by atoms with Crippen LogP contribution in [0.1, 0.15) is 0 Å². The summed E-state index contributed by atoms with van der Waals surface area (Å²) in [6.07, 6.45) is 0. The number of aromatic nitrogens is 3. The van der Waals surface area contributed by atoms with Crippen LogP contribution in [-0.4, -0.2) is 42.0 Å². The van der Waals surface area contributed by atoms with Gasteiger partial charge in [-0.1, -0.05) is 11.6 Å². The number of carbonyl (C=O) groups excluding carboxylic acids is 1. The average molecular weight is 435 g/mol. The summed E-state index contributed by atoms with van der Waals surface area (Å²) in [5, 5.41) is 10.4. The number of ether oxygens (including phenoxy) is 3. The molecule has 0 unspecified atom stereocenters. The standard InChI is InChI=1S/C19H19ClN4O4S/c1-26-14-8-13(9-15(27-2)17(14)28-3)21-16(25)10-24-18(22-23-19(24)29)11-4-6-12(20)7-5-11/h4-9H,10H2,1-3H3,(H,21,25)(H,23,29). The first-order valence-electron chi connectivity index (χ1n) is 8.47. The first-order chi connectivity index (χ1) is 14.0. The lowest BCUT2D eigenvalue weighted by molar-refractivity contribution is -0.116. The van der Waals surface area contributed by atoms with E-state index in [0.29, 0.717) is 38.6 Å². The molecular formula is C19H19ClN4O4S. The lowest BCUT2D eigenvalue weighted by atomic mass is 10.2. The normalized spacial score (nSPS) is 10.5. The second-order valence-corrected chi connectivity index (χ2v) is 6.73. The lowest BCUT2D eigenvalue weighted by Crippen LogP contribution is -2.19. The van der Waals surface area contributed by atoms with E-state index < -0.39 is 0 Å². The minimum Gasteiger partial charge on any atom is -0.493 e. The second-order valence-electron chi connectivity index (χ2n) is 5.91. The van der Waals surface area contributed by atoms with Gasteiger partial charge in [0.2, 0.25) is 11.7 Å². The summed E-state index contributed by atoms with van der Waals surface area (Å²) in [5.41, 5.74) is 1.27. The van der Waals surface area contributed by atoms with Crippen molar-refractivity contribution in [3.8, 4) is 28.6 Å². The molecule has 1 aromatic heterocycles. The molecule has 2 N–H and O–H groups in total. The van der Waals surface area contributed by atoms with Crippen molar-refractivity contribution < 1.29 is 19.0 Å². The van der Waals surface area contributed by atoms with Gasteiger partial charge in [-0.25, -0.2) is 0 Å². The Morgan fingerprint density at radius 2 is 1.76 bits per heavy atom. The SMILES string of the molecule is COc1cc(NC(=O)Cn2c(-c3ccc(Cl)cc3)n[nH]c2=S)cc(OC)c1OC. The number of aromatic amines is 1. The summed E-state index contributed by atoms with van der Waals surface area (Å²) >= 11 is 11.2. The molecule has 0 bridgehead atoms. The van der Waals surface area contributed by atoms with Crippen LogP contribution in [0.25, 0.3) is 11.4 Å². The Balaban J connectivity index is 1.85. The highest BCUT2D eigenvalue weighted by atomic mass is 35.5. The van der Waals surface area contributed by atoms with Gasteiger partial charge in [0.1, 0.15) is 6.54 Å². The maximum Gasteiger partial charge on any atom is 0.244 e. The maximum atomic E-state index is 12.7. The van der Waals surface area contributed by atoms with Crippen molar-refractivity contribution in [3.05, 3.63) is 46.2 Å². The molecule has 0 aliphatic carbocycles. The molecule has 8 nitrogen and oxygen atoms in total. The monoisotopic (exact) mass is 434 g/mol. The molecule has 10 heteroatoms. The van der Waals surface area contributed by atoms with Gasteiger partial charge in [-0.2, -0.15) is 5.10 Å². The highest BCUT2D eigenvalue weighted by molar-refractivity contribution is 7.71. The maximum absolute atomic E-state index is 12.7. The van der Waals surface area contributed by atoms with Gasteiger partial charge in [-0.15, -0.1) is 0 Å². The molecule has 0 radical (unpaired) electrons. The molecule has 3 rings (SSSR count). The van der Waals surface area contributed by atoms with Crippen molar-refractivity contribution >= 4 is 35.4 Å². The minimum absolute atomic E-state index is 0.0377. The van der Waals surface area contributed by atoms with Crippen LogP contribution in [0.2, 0.25) is 5.02 Å². The highest BCUT2D eigenvalue weighted by Crippen LogP contribution is 2.39. The molecule has 1 amide bonds. The number of nitrogens with one attached hydrogen (secondary N) is 2. The number of halogens is 1. The van der Waals surface area contributed by atoms with Crippen LogP contribution in [0, 0.1) is 4.77 Å². The van der Waals surface area contributed by atoms with Gasteiger partial charge < -0.3 is 19.5 Å². The third-order valence-corrected chi connectivity index (χ3v) is 4.67. The van der Waals surface area contributed by atoms with Crippen LogP contribution < -0.4 is 19.5 Å². The zero-order valence-corrected chi connectivity index (χ0v) is 17.6. The van der Waals surface area contributed by atoms with Gasteiger partial charge in [-0.3, -0.25) is 14.5 Å². The van der Waals surface area contributed by atoms with E-state index in [9.17, 15) is 4.79 Å². The Kier molecular flexibility index (Phi) is 6.40. The predicted octanol–water partition coefficient (Wildman–Crippen LogP) is 3.93. The highest BCUT2D eigenvalue weighted by Gasteiger charge is 2.16. The summed E-state index contributed by atoms with van der Waals surface area (Å²) in [4.78, 5) is 12.7. The third-order valence-electron chi connectivity index (χ3n) is 4.11. The fraction of sp³-hybridized carbons (Fsp3) is 0.211. The zero-order valence-electron chi connectivity index (χ0n) is 16.0. The number of carbonyl (C=O) groups is 1. The van der Waals surface area contributed by atoms with Gasteiger partial charge >= 0.3 is 0 Å². The van der Waals surface area contributed by atoms with Gasteiger partial charge in [0.05, 0.1) is 21.3 Å². The lowest BCUT2D eigenvalue weighted by Gasteiger charge is -2.15. The Hall–Kier alpha value is -3.04. The van der Waals surface area contributed by atoms with E-state index in [1.807, 2.05) is 0 Å². The summed E-state index contributed by atoms with van der Waals surface area (Å²) in [7, 11) is 4.52. The van der Waals surface area contributed by atoms with Gasteiger partial charge in [0, 0.05) is 28.4 Å². The molecule has 2 aromatic carbocycles. The van der Waals surface area contributed by atoms with E-state index in [-0.39, 0.29) is 12.5 Å². The predicted molar refractivity (Wildman–Crippen MR) is 113 cm³/mol. The van der Waals surface area contributed by atoms with Crippen LogP contribution in [0.5, 0.6) is 17.2 Å². The van der Waals surface area contributed by atoms with Crippen LogP contribution in [0.15, 0.2) is 36.4 Å². The smallest absolute Gasteiger partial charge is 0.244 e.